The zero-order chi connectivity index (χ0) is 78.6. The molecule has 0 amide bonds. The zero-order valence-electron chi connectivity index (χ0n) is 68.6. The van der Waals surface area contributed by atoms with Crippen LogP contribution in [0.15, 0.2) is 107 Å². The van der Waals surface area contributed by atoms with Gasteiger partial charge in [-0.2, -0.15) is 0 Å². The molecule has 9 heterocycles. The maximum atomic E-state index is 6.46. The molecule has 592 valence electrons. The van der Waals surface area contributed by atoms with Gasteiger partial charge in [0.2, 0.25) is 0 Å². The summed E-state index contributed by atoms with van der Waals surface area (Å²) in [7, 11) is 3.43. The Labute approximate surface area is 660 Å². The van der Waals surface area contributed by atoms with Crippen molar-refractivity contribution in [1.29, 1.82) is 0 Å². The fourth-order valence-corrected chi connectivity index (χ4v) is 16.6. The maximum absolute atomic E-state index is 6.46. The fraction of sp³-hybridized carbons (Fsp3) is 0.628. The SMILES string of the molecule is CC(C)(C)OC[C@H]1O[C@H](n2ccc3ccsc3c2=S)CC1OC(C)(C)C.CC(C)(C)OC[C@H]1O[C@H](n2ccc3ccsc3c2=S)CC1OC(C)(C)C.COc1cc2ccccc2cc1[C@H]1C[C@@H](OC(C)(C)C)[C@@H](COC(C)(C)C)O1.COc1cc2sccc2cc1[C@H]1C[C@@H](OC(C)(C)C)[C@@H](COC(C)(C)C)O1. The van der Waals surface area contributed by atoms with Gasteiger partial charge in [-0.05, 0) is 264 Å². The van der Waals surface area contributed by atoms with Crippen molar-refractivity contribution in [2.75, 3.05) is 40.6 Å². The van der Waals surface area contributed by atoms with Gasteiger partial charge in [0.15, 0.2) is 0 Å². The van der Waals surface area contributed by atoms with Gasteiger partial charge in [0.25, 0.3) is 0 Å². The van der Waals surface area contributed by atoms with Crippen LogP contribution in [0, 0.1) is 9.28 Å². The van der Waals surface area contributed by atoms with Gasteiger partial charge in [0.05, 0.1) is 131 Å². The van der Waals surface area contributed by atoms with Crippen LogP contribution in [0.25, 0.3) is 41.0 Å². The van der Waals surface area contributed by atoms with E-state index in [0.29, 0.717) is 26.4 Å². The van der Waals surface area contributed by atoms with Crippen LogP contribution in [-0.4, -0.2) is 143 Å². The molecule has 2 unspecified atom stereocenters. The summed E-state index contributed by atoms with van der Waals surface area (Å²) in [5.41, 5.74) is 0.381. The average molecular weight is 1570 g/mol. The lowest BCUT2D eigenvalue weighted by atomic mass is 9.99. The van der Waals surface area contributed by atoms with Gasteiger partial charge in [0.1, 0.15) is 57.7 Å². The predicted octanol–water partition coefficient (Wildman–Crippen LogP) is 22.9. The molecule has 8 aromatic rings. The number of methoxy groups -OCH3 is 2. The Hall–Kier alpha value is -4.34. The molecule has 12 rings (SSSR count). The molecule has 4 aliphatic heterocycles. The molecule has 0 aliphatic carbocycles. The summed E-state index contributed by atoms with van der Waals surface area (Å²) in [5, 5.41) is 12.2. The molecule has 21 heteroatoms. The summed E-state index contributed by atoms with van der Waals surface area (Å²) >= 11 is 16.5. The number of rotatable bonds is 18. The summed E-state index contributed by atoms with van der Waals surface area (Å²) in [5.74, 6) is 1.73. The highest BCUT2D eigenvalue weighted by Crippen LogP contribution is 2.46. The first-order valence-electron chi connectivity index (χ1n) is 37.9. The normalized spacial score (nSPS) is 24.0. The first-order valence-corrected chi connectivity index (χ1v) is 41.3. The van der Waals surface area contributed by atoms with Crippen LogP contribution < -0.4 is 9.47 Å². The van der Waals surface area contributed by atoms with Gasteiger partial charge in [-0.3, -0.25) is 0 Å². The molecule has 3 aromatic carbocycles. The van der Waals surface area contributed by atoms with E-state index < -0.39 is 0 Å². The topological polar surface area (TPSA) is 139 Å². The second-order valence-corrected chi connectivity index (χ2v) is 39.8. The molecule has 0 spiro atoms. The molecule has 4 fully saturated rings. The molecule has 0 bridgehead atoms. The van der Waals surface area contributed by atoms with E-state index in [2.05, 4.69) is 264 Å². The van der Waals surface area contributed by atoms with Crippen LogP contribution >= 0.6 is 58.4 Å². The van der Waals surface area contributed by atoms with E-state index in [0.717, 1.165) is 72.4 Å². The summed E-state index contributed by atoms with van der Waals surface area (Å²) in [6, 6.07) is 27.4. The van der Waals surface area contributed by atoms with Crippen LogP contribution in [-0.2, 0) is 56.8 Å². The number of nitrogens with zero attached hydrogens (tertiary/aromatic N) is 2. The maximum Gasteiger partial charge on any atom is 0.137 e. The van der Waals surface area contributed by atoms with Crippen LogP contribution in [0.3, 0.4) is 0 Å². The van der Waals surface area contributed by atoms with Gasteiger partial charge >= 0.3 is 0 Å². The van der Waals surface area contributed by atoms with E-state index in [-0.39, 0.29) is 118 Å². The molecular weight excluding hydrogens is 1450 g/mol. The lowest BCUT2D eigenvalue weighted by Crippen LogP contribution is -2.37. The minimum Gasteiger partial charge on any atom is -0.496 e. The molecule has 0 radical (unpaired) electrons. The lowest BCUT2D eigenvalue weighted by molar-refractivity contribution is -0.132. The number of pyridine rings is 2. The molecule has 12 atom stereocenters. The Morgan fingerprint density at radius 3 is 1.04 bits per heavy atom. The van der Waals surface area contributed by atoms with E-state index >= 15 is 0 Å². The number of hydrogen-bond donors (Lipinski definition) is 0. The Balaban J connectivity index is 0.000000165. The van der Waals surface area contributed by atoms with Crippen molar-refractivity contribution in [1.82, 2.24) is 9.13 Å². The van der Waals surface area contributed by atoms with Crippen molar-refractivity contribution in [2.45, 2.75) is 310 Å². The van der Waals surface area contributed by atoms with E-state index in [9.17, 15) is 0 Å². The van der Waals surface area contributed by atoms with Crippen molar-refractivity contribution < 1.29 is 66.3 Å². The standard InChI is InChI=1S/C24H34O4.C22H32O4S.2C20H29NO3S2/c1-23(2,3)26-15-22-21(28-24(4,5)6)14-20(27-22)18-12-16-10-8-9-11-17(16)13-19(18)25-7;1-21(2,3)24-13-19-18(26-22(4,5)6)11-17(25-19)15-10-14-8-9-27-20(14)12-16(15)23-7;2*1-19(2,3)22-12-15-14(24-20(4,5)6)11-16(23-15)21-9-7-13-8-10-26-17(13)18(21)25/h8-13,20-22H,14-15H2,1-7H3;8-10,12,17-19H,11,13H2,1-7H3;2*7-10,14-16H,11-12H2,1-6H3/t20-,21-,22-;17-,18-,19-;2*14?,15-,16+/m1111/s1. The Morgan fingerprint density at radius 2 is 0.682 bits per heavy atom. The number of ether oxygens (including phenoxy) is 14. The second-order valence-electron chi connectivity index (χ2n) is 36.3. The number of benzene rings is 3. The molecule has 0 N–H and O–H groups in total. The third-order valence-electron chi connectivity index (χ3n) is 17.8. The predicted molar refractivity (Wildman–Crippen MR) is 443 cm³/mol. The van der Waals surface area contributed by atoms with Crippen molar-refractivity contribution in [3.63, 3.8) is 0 Å². The average Bonchev–Trinajstić information content (AvgIpc) is 1.25. The minimum absolute atomic E-state index is 0.0137. The Kier molecular flexibility index (Phi) is 28.6. The molecule has 5 aromatic heterocycles. The summed E-state index contributed by atoms with van der Waals surface area (Å²) in [4.78, 5) is 0. The number of hydrogen-bond acceptors (Lipinski definition) is 19. The van der Waals surface area contributed by atoms with Crippen molar-refractivity contribution in [3.05, 3.63) is 128 Å². The van der Waals surface area contributed by atoms with Gasteiger partial charge in [0, 0.05) is 53.9 Å². The number of aromatic nitrogens is 2. The van der Waals surface area contributed by atoms with Crippen molar-refractivity contribution in [2.24, 2.45) is 0 Å². The largest absolute Gasteiger partial charge is 0.496 e. The molecule has 16 nitrogen and oxygen atoms in total. The van der Waals surface area contributed by atoms with Crippen LogP contribution in [0.4, 0.5) is 0 Å². The fourth-order valence-electron chi connectivity index (χ4n) is 13.3. The molecular formula is C86H124N2O14S5. The number of fused-ring (bicyclic) bond motifs is 4. The molecule has 4 aliphatic rings. The Morgan fingerprint density at radius 1 is 0.364 bits per heavy atom. The minimum atomic E-state index is -0.240. The van der Waals surface area contributed by atoms with Crippen molar-refractivity contribution in [3.8, 4) is 11.5 Å². The van der Waals surface area contributed by atoms with E-state index in [1.807, 2.05) is 18.5 Å². The van der Waals surface area contributed by atoms with E-state index in [1.54, 1.807) is 48.2 Å². The highest BCUT2D eigenvalue weighted by atomic mass is 32.1. The quantitative estimate of drug-likeness (QED) is 0.0752. The highest BCUT2D eigenvalue weighted by Gasteiger charge is 2.45. The first-order chi connectivity index (χ1) is 49.7. The molecule has 4 saturated heterocycles. The van der Waals surface area contributed by atoms with Crippen molar-refractivity contribution >= 4 is 99.5 Å². The Bertz CT molecular complexity index is 4150. The van der Waals surface area contributed by atoms with Crippen LogP contribution in [0.5, 0.6) is 11.5 Å². The van der Waals surface area contributed by atoms with Gasteiger partial charge in [-0.1, -0.05) is 48.7 Å². The molecule has 0 saturated carbocycles. The third-order valence-corrected chi connectivity index (χ3v) is 21.6. The molecule has 107 heavy (non-hydrogen) atoms. The monoisotopic (exact) mass is 1570 g/mol. The van der Waals surface area contributed by atoms with Crippen LogP contribution in [0.1, 0.15) is 228 Å². The van der Waals surface area contributed by atoms with E-state index in [4.69, 9.17) is 90.8 Å². The first kappa shape index (κ1) is 86.6. The van der Waals surface area contributed by atoms with Gasteiger partial charge in [-0.15, -0.1) is 34.0 Å². The summed E-state index contributed by atoms with van der Waals surface area (Å²) < 4.78 is 95.6. The van der Waals surface area contributed by atoms with E-state index in [1.165, 1.54) is 26.2 Å². The number of thiophene rings is 3. The van der Waals surface area contributed by atoms with Gasteiger partial charge < -0.3 is 75.5 Å². The third kappa shape index (κ3) is 25.6. The zero-order valence-corrected chi connectivity index (χ0v) is 72.7. The lowest BCUT2D eigenvalue weighted by Gasteiger charge is -2.29. The van der Waals surface area contributed by atoms with Gasteiger partial charge in [-0.25, -0.2) is 0 Å². The smallest absolute Gasteiger partial charge is 0.137 e. The summed E-state index contributed by atoms with van der Waals surface area (Å²) in [6.45, 7) is 51.7. The van der Waals surface area contributed by atoms with Crippen LogP contribution in [0.2, 0.25) is 0 Å². The summed E-state index contributed by atoms with van der Waals surface area (Å²) in [6.07, 6.45) is 6.24. The highest BCUT2D eigenvalue weighted by molar-refractivity contribution is 7.72. The second kappa shape index (κ2) is 35.4.